The first kappa shape index (κ1) is 25.7. The van der Waals surface area contributed by atoms with Crippen LogP contribution in [-0.2, 0) is 9.59 Å². The van der Waals surface area contributed by atoms with Crippen LogP contribution >= 0.6 is 24.0 Å². The van der Waals surface area contributed by atoms with Gasteiger partial charge >= 0.3 is 5.97 Å². The highest BCUT2D eigenvalue weighted by atomic mass is 32.2. The van der Waals surface area contributed by atoms with Crippen LogP contribution in [-0.4, -0.2) is 49.6 Å². The second-order valence-corrected chi connectivity index (χ2v) is 10.4. The van der Waals surface area contributed by atoms with Crippen molar-refractivity contribution in [3.8, 4) is 22.9 Å². The average molecular weight is 548 g/mol. The maximum absolute atomic E-state index is 13.2. The Morgan fingerprint density at radius 1 is 1.16 bits per heavy atom. The van der Waals surface area contributed by atoms with Crippen molar-refractivity contribution in [2.75, 3.05) is 13.7 Å². The number of hydrogen-bond donors (Lipinski definition) is 1. The van der Waals surface area contributed by atoms with Gasteiger partial charge in [-0.3, -0.25) is 14.5 Å². The van der Waals surface area contributed by atoms with Crippen LogP contribution in [0.4, 0.5) is 0 Å². The molecule has 2 aromatic heterocycles. The van der Waals surface area contributed by atoms with E-state index in [4.69, 9.17) is 31.6 Å². The van der Waals surface area contributed by atoms with Crippen LogP contribution in [0.5, 0.6) is 5.75 Å². The van der Waals surface area contributed by atoms with Gasteiger partial charge < -0.3 is 14.3 Å². The second-order valence-electron chi connectivity index (χ2n) is 8.74. The van der Waals surface area contributed by atoms with Gasteiger partial charge in [0.25, 0.3) is 5.91 Å². The van der Waals surface area contributed by atoms with E-state index < -0.39 is 5.97 Å². The molecule has 3 heterocycles. The summed E-state index contributed by atoms with van der Waals surface area (Å²) in [6.07, 6.45) is 5.77. The number of fused-ring (bicyclic) bond motifs is 1. The van der Waals surface area contributed by atoms with E-state index in [0.717, 1.165) is 11.1 Å². The summed E-state index contributed by atoms with van der Waals surface area (Å²) in [5, 5.41) is 14.5. The van der Waals surface area contributed by atoms with Gasteiger partial charge in [0, 0.05) is 30.1 Å². The number of hydrogen-bond acceptors (Lipinski definition) is 7. The molecule has 1 N–H and O–H groups in total. The molecular weight excluding hydrogens is 522 g/mol. The molecular formula is C28H25N3O5S2. The Morgan fingerprint density at radius 2 is 1.97 bits per heavy atom. The summed E-state index contributed by atoms with van der Waals surface area (Å²) in [5.41, 5.74) is 2.80. The minimum absolute atomic E-state index is 0.125. The van der Waals surface area contributed by atoms with E-state index in [-0.39, 0.29) is 12.3 Å². The fraction of sp³-hybridized carbons (Fsp3) is 0.214. The van der Waals surface area contributed by atoms with Crippen LogP contribution in [0.3, 0.4) is 0 Å². The molecule has 8 nitrogen and oxygen atoms in total. The van der Waals surface area contributed by atoms with Crippen LogP contribution in [0.2, 0.25) is 0 Å². The number of nitrogens with zero attached hydrogens (tertiary/aromatic N) is 3. The first-order valence-corrected chi connectivity index (χ1v) is 13.4. The van der Waals surface area contributed by atoms with E-state index in [1.165, 1.54) is 11.8 Å². The number of aromatic nitrogens is 2. The van der Waals surface area contributed by atoms with Gasteiger partial charge in [-0.1, -0.05) is 60.7 Å². The molecule has 1 saturated heterocycles. The summed E-state index contributed by atoms with van der Waals surface area (Å²) in [5.74, 6) is 0.206. The Kier molecular flexibility index (Phi) is 7.62. The van der Waals surface area contributed by atoms with E-state index in [2.05, 4.69) is 0 Å². The highest BCUT2D eigenvalue weighted by Gasteiger charge is 2.32. The molecule has 0 unspecified atom stereocenters. The minimum Gasteiger partial charge on any atom is -0.493 e. The van der Waals surface area contributed by atoms with Gasteiger partial charge in [-0.15, -0.1) is 0 Å². The van der Waals surface area contributed by atoms with E-state index in [9.17, 15) is 9.59 Å². The molecule has 10 heteroatoms. The van der Waals surface area contributed by atoms with Gasteiger partial charge in [0.2, 0.25) is 0 Å². The molecule has 194 valence electrons. The maximum atomic E-state index is 13.2. The molecule has 0 atom stereocenters. The fourth-order valence-electron chi connectivity index (χ4n) is 4.27. The zero-order valence-corrected chi connectivity index (χ0v) is 22.3. The van der Waals surface area contributed by atoms with Crippen LogP contribution in [0.1, 0.15) is 31.2 Å². The van der Waals surface area contributed by atoms with Crippen molar-refractivity contribution < 1.29 is 23.8 Å². The molecule has 38 heavy (non-hydrogen) atoms. The lowest BCUT2D eigenvalue weighted by molar-refractivity contribution is -0.137. The lowest BCUT2D eigenvalue weighted by atomic mass is 10.1. The average Bonchev–Trinajstić information content (AvgIpc) is 3.60. The number of aliphatic carboxylic acids is 1. The number of methoxy groups -OCH3 is 1. The van der Waals surface area contributed by atoms with Crippen LogP contribution in [0, 0.1) is 0 Å². The number of carboxylic acid groups (broad SMARTS) is 1. The number of ether oxygens (including phenoxy) is 1. The number of amides is 1. The molecule has 5 rings (SSSR count). The summed E-state index contributed by atoms with van der Waals surface area (Å²) < 4.78 is 13.9. The zero-order chi connectivity index (χ0) is 26.6. The lowest BCUT2D eigenvalue weighted by Crippen LogP contribution is -2.29. The smallest absolute Gasteiger partial charge is 0.303 e. The Labute approximate surface area is 228 Å². The lowest BCUT2D eigenvalue weighted by Gasteiger charge is -2.13. The molecule has 4 aromatic rings. The summed E-state index contributed by atoms with van der Waals surface area (Å²) in [4.78, 5) is 26.0. The minimum atomic E-state index is -0.812. The van der Waals surface area contributed by atoms with E-state index in [1.54, 1.807) is 22.8 Å². The van der Waals surface area contributed by atoms with E-state index in [1.807, 2.05) is 60.8 Å². The van der Waals surface area contributed by atoms with E-state index >= 15 is 0 Å². The number of carboxylic acids is 1. The number of benzene rings is 2. The maximum Gasteiger partial charge on any atom is 0.303 e. The predicted molar refractivity (Wildman–Crippen MR) is 151 cm³/mol. The van der Waals surface area contributed by atoms with Gasteiger partial charge in [-0.2, -0.15) is 5.10 Å². The monoisotopic (exact) mass is 547 g/mol. The Morgan fingerprint density at radius 3 is 2.74 bits per heavy atom. The summed E-state index contributed by atoms with van der Waals surface area (Å²) in [7, 11) is 1.60. The Balaban J connectivity index is 1.47. The van der Waals surface area contributed by atoms with Crippen molar-refractivity contribution in [2.45, 2.75) is 25.7 Å². The number of thiocarbonyl (C=S) groups is 1. The highest BCUT2D eigenvalue weighted by molar-refractivity contribution is 8.26. The molecule has 0 aliphatic carbocycles. The third-order valence-electron chi connectivity index (χ3n) is 6.16. The van der Waals surface area contributed by atoms with Crippen LogP contribution in [0.15, 0.2) is 70.1 Å². The quantitative estimate of drug-likeness (QED) is 0.144. The molecule has 1 aliphatic heterocycles. The van der Waals surface area contributed by atoms with Gasteiger partial charge in [0.05, 0.1) is 17.7 Å². The first-order valence-electron chi connectivity index (χ1n) is 12.1. The largest absolute Gasteiger partial charge is 0.493 e. The van der Waals surface area contributed by atoms with Crippen LogP contribution in [0.25, 0.3) is 34.2 Å². The van der Waals surface area contributed by atoms with Crippen molar-refractivity contribution in [1.82, 2.24) is 14.7 Å². The number of carbonyl (C=O) groups excluding carboxylic acids is 1. The highest BCUT2D eigenvalue weighted by Crippen LogP contribution is 2.38. The number of rotatable bonds is 10. The molecule has 1 fully saturated rings. The van der Waals surface area contributed by atoms with E-state index in [0.29, 0.717) is 63.4 Å². The number of carbonyl (C=O) groups is 2. The summed E-state index contributed by atoms with van der Waals surface area (Å²) >= 11 is 6.74. The Bertz CT molecular complexity index is 1540. The van der Waals surface area contributed by atoms with Gasteiger partial charge in [0.15, 0.2) is 17.1 Å². The topological polar surface area (TPSA) is 97.8 Å². The van der Waals surface area contributed by atoms with Crippen molar-refractivity contribution in [3.05, 3.63) is 71.3 Å². The van der Waals surface area contributed by atoms with Gasteiger partial charge in [-0.05, 0) is 43.2 Å². The van der Waals surface area contributed by atoms with Crippen molar-refractivity contribution in [2.24, 2.45) is 0 Å². The molecule has 0 bridgehead atoms. The van der Waals surface area contributed by atoms with Gasteiger partial charge in [0.1, 0.15) is 10.0 Å². The summed E-state index contributed by atoms with van der Waals surface area (Å²) in [6.45, 7) is 0.459. The van der Waals surface area contributed by atoms with Crippen molar-refractivity contribution >= 4 is 57.2 Å². The van der Waals surface area contributed by atoms with Crippen molar-refractivity contribution in [1.29, 1.82) is 0 Å². The number of furan rings is 1. The number of thioether (sulfide) groups is 1. The Hall–Kier alpha value is -3.89. The van der Waals surface area contributed by atoms with Crippen LogP contribution < -0.4 is 4.74 Å². The van der Waals surface area contributed by atoms with Crippen molar-refractivity contribution in [3.63, 3.8) is 0 Å². The van der Waals surface area contributed by atoms with Gasteiger partial charge in [-0.25, -0.2) is 4.68 Å². The fourth-order valence-corrected chi connectivity index (χ4v) is 5.57. The third-order valence-corrected chi connectivity index (χ3v) is 7.53. The third kappa shape index (κ3) is 5.36. The molecule has 0 radical (unpaired) electrons. The SMILES string of the molecule is COc1cccc2cc(-c3nn(-c4ccccc4)cc3/C=C3\SC(=S)N(CCCCCC(=O)O)C3=O)oc12. The first-order chi connectivity index (χ1) is 18.4. The molecule has 2 aromatic carbocycles. The molecule has 0 saturated carbocycles. The molecule has 1 aliphatic rings. The normalized spacial score (nSPS) is 14.7. The molecule has 1 amide bonds. The number of unbranched alkanes of at least 4 members (excludes halogenated alkanes) is 2. The predicted octanol–water partition coefficient (Wildman–Crippen LogP) is 6.14. The zero-order valence-electron chi connectivity index (χ0n) is 20.6. The number of para-hydroxylation sites is 2. The molecule has 0 spiro atoms. The standard InChI is InChI=1S/C28H25N3O5S2/c1-35-21-12-8-9-18-15-22(36-26(18)21)25-19(17-31(29-25)20-10-4-2-5-11-20)16-23-27(34)30(28(37)38-23)14-7-3-6-13-24(32)33/h2,4-5,8-12,15-17H,3,6-7,13-14H2,1H3,(H,32,33)/b23-16-. The second kappa shape index (κ2) is 11.2. The summed E-state index contributed by atoms with van der Waals surface area (Å²) in [6, 6.07) is 17.3.